The fourth-order valence-corrected chi connectivity index (χ4v) is 3.63. The molecule has 2 heterocycles. The lowest BCUT2D eigenvalue weighted by Gasteiger charge is -2.26. The Bertz CT molecular complexity index is 375. The number of likely N-dealkylation sites (tertiary alicyclic amines) is 1. The van der Waals surface area contributed by atoms with Crippen molar-refractivity contribution in [2.45, 2.75) is 25.3 Å². The van der Waals surface area contributed by atoms with Crippen LogP contribution >= 0.6 is 0 Å². The molecule has 1 aromatic rings. The van der Waals surface area contributed by atoms with Crippen molar-refractivity contribution in [3.8, 4) is 0 Å². The summed E-state index contributed by atoms with van der Waals surface area (Å²) in [5.74, 6) is 1.86. The van der Waals surface area contributed by atoms with Gasteiger partial charge in [-0.2, -0.15) is 5.10 Å². The zero-order valence-corrected chi connectivity index (χ0v) is 10.5. The number of nitrogens with zero attached hydrogens (tertiary/aromatic N) is 3. The average molecular weight is 234 g/mol. The van der Waals surface area contributed by atoms with E-state index < -0.39 is 0 Å². The van der Waals surface area contributed by atoms with Gasteiger partial charge in [0.05, 0.1) is 12.2 Å². The summed E-state index contributed by atoms with van der Waals surface area (Å²) in [4.78, 5) is 2.57. The Morgan fingerprint density at radius 1 is 1.41 bits per heavy atom. The molecule has 1 aliphatic heterocycles. The number of fused-ring (bicyclic) bond motifs is 1. The minimum absolute atomic E-state index is 0.370. The van der Waals surface area contributed by atoms with Gasteiger partial charge in [0.2, 0.25) is 0 Å². The Kier molecular flexibility index (Phi) is 2.92. The molecule has 2 fully saturated rings. The second-order valence-corrected chi connectivity index (χ2v) is 5.60. The molecular weight excluding hydrogens is 212 g/mol. The lowest BCUT2D eigenvalue weighted by atomic mass is 10.0. The van der Waals surface area contributed by atoms with E-state index >= 15 is 0 Å². The Morgan fingerprint density at radius 2 is 2.12 bits per heavy atom. The van der Waals surface area contributed by atoms with Crippen LogP contribution in [-0.2, 0) is 7.05 Å². The van der Waals surface area contributed by atoms with Crippen molar-refractivity contribution in [3.05, 3.63) is 18.0 Å². The zero-order valence-electron chi connectivity index (χ0n) is 10.5. The van der Waals surface area contributed by atoms with Gasteiger partial charge in [-0.05, 0) is 24.7 Å². The predicted octanol–water partition coefficient (Wildman–Crippen LogP) is 1.15. The minimum atomic E-state index is 0.370. The van der Waals surface area contributed by atoms with Crippen molar-refractivity contribution in [2.75, 3.05) is 19.6 Å². The first-order chi connectivity index (χ1) is 8.28. The molecule has 1 aliphatic carbocycles. The van der Waals surface area contributed by atoms with Crippen molar-refractivity contribution in [3.63, 3.8) is 0 Å². The average Bonchev–Trinajstić information content (AvgIpc) is 2.95. The largest absolute Gasteiger partial charge is 0.329 e. The first-order valence-corrected chi connectivity index (χ1v) is 6.70. The standard InChI is InChI=1S/C13H22N4/c1-16-7-12(6-15-16)13(5-14)17-8-10-3-2-4-11(10)9-17/h6-7,10-11,13H,2-5,8-9,14H2,1H3. The van der Waals surface area contributed by atoms with E-state index in [-0.39, 0.29) is 0 Å². The third-order valence-corrected chi connectivity index (χ3v) is 4.53. The summed E-state index contributed by atoms with van der Waals surface area (Å²) in [5.41, 5.74) is 7.24. The third-order valence-electron chi connectivity index (χ3n) is 4.53. The Balaban J connectivity index is 1.74. The van der Waals surface area contributed by atoms with Crippen LogP contribution in [0.2, 0.25) is 0 Å². The molecule has 3 rings (SSSR count). The highest BCUT2D eigenvalue weighted by Gasteiger charge is 2.38. The van der Waals surface area contributed by atoms with Gasteiger partial charge in [-0.1, -0.05) is 6.42 Å². The summed E-state index contributed by atoms with van der Waals surface area (Å²) in [5, 5.41) is 4.26. The molecular formula is C13H22N4. The SMILES string of the molecule is Cn1cc(C(CN)N2CC3CCCC3C2)cn1. The second-order valence-electron chi connectivity index (χ2n) is 5.60. The third kappa shape index (κ3) is 2.00. The molecule has 3 unspecified atom stereocenters. The van der Waals surface area contributed by atoms with Gasteiger partial charge in [0.15, 0.2) is 0 Å². The van der Waals surface area contributed by atoms with Crippen LogP contribution in [0, 0.1) is 11.8 Å². The number of aryl methyl sites for hydroxylation is 1. The molecule has 0 bridgehead atoms. The molecule has 0 spiro atoms. The Morgan fingerprint density at radius 3 is 2.65 bits per heavy atom. The van der Waals surface area contributed by atoms with Gasteiger partial charge >= 0.3 is 0 Å². The van der Waals surface area contributed by atoms with Gasteiger partial charge in [-0.25, -0.2) is 0 Å². The molecule has 4 nitrogen and oxygen atoms in total. The summed E-state index contributed by atoms with van der Waals surface area (Å²) in [6, 6.07) is 0.370. The Labute approximate surface area is 103 Å². The Hall–Kier alpha value is -0.870. The van der Waals surface area contributed by atoms with Crippen molar-refractivity contribution < 1.29 is 0 Å². The topological polar surface area (TPSA) is 47.1 Å². The fourth-order valence-electron chi connectivity index (χ4n) is 3.63. The maximum Gasteiger partial charge on any atom is 0.0538 e. The molecule has 1 saturated heterocycles. The fraction of sp³-hybridized carbons (Fsp3) is 0.769. The van der Waals surface area contributed by atoms with Gasteiger partial charge < -0.3 is 5.73 Å². The van der Waals surface area contributed by atoms with Crippen molar-refractivity contribution >= 4 is 0 Å². The molecule has 1 aromatic heterocycles. The van der Waals surface area contributed by atoms with E-state index in [1.54, 1.807) is 0 Å². The number of hydrogen-bond donors (Lipinski definition) is 1. The second kappa shape index (κ2) is 4.42. The van der Waals surface area contributed by atoms with Crippen LogP contribution < -0.4 is 5.73 Å². The lowest BCUT2D eigenvalue weighted by Crippen LogP contribution is -2.32. The van der Waals surface area contributed by atoms with Crippen molar-refractivity contribution in [2.24, 2.45) is 24.6 Å². The number of rotatable bonds is 3. The summed E-state index contributed by atoms with van der Waals surface area (Å²) in [6.07, 6.45) is 8.34. The number of aromatic nitrogens is 2. The highest BCUT2D eigenvalue weighted by atomic mass is 15.3. The predicted molar refractivity (Wildman–Crippen MR) is 67.4 cm³/mol. The van der Waals surface area contributed by atoms with Crippen LogP contribution in [0.4, 0.5) is 0 Å². The van der Waals surface area contributed by atoms with E-state index in [1.807, 2.05) is 17.9 Å². The van der Waals surface area contributed by atoms with E-state index in [1.165, 1.54) is 37.9 Å². The van der Waals surface area contributed by atoms with Crippen molar-refractivity contribution in [1.29, 1.82) is 0 Å². The molecule has 0 radical (unpaired) electrons. The first-order valence-electron chi connectivity index (χ1n) is 6.70. The van der Waals surface area contributed by atoms with Crippen LogP contribution in [-0.4, -0.2) is 34.3 Å². The van der Waals surface area contributed by atoms with Gasteiger partial charge in [-0.15, -0.1) is 0 Å². The van der Waals surface area contributed by atoms with E-state index in [0.29, 0.717) is 12.6 Å². The summed E-state index contributed by atoms with van der Waals surface area (Å²) < 4.78 is 1.87. The first kappa shape index (κ1) is 11.2. The van der Waals surface area contributed by atoms with Crippen LogP contribution in [0.1, 0.15) is 30.9 Å². The molecule has 2 N–H and O–H groups in total. The van der Waals surface area contributed by atoms with Crippen LogP contribution in [0.25, 0.3) is 0 Å². The monoisotopic (exact) mass is 234 g/mol. The van der Waals surface area contributed by atoms with E-state index in [0.717, 1.165) is 11.8 Å². The molecule has 2 aliphatic rings. The molecule has 0 aromatic carbocycles. The molecule has 3 atom stereocenters. The summed E-state index contributed by atoms with van der Waals surface area (Å²) in [6.45, 7) is 3.17. The summed E-state index contributed by atoms with van der Waals surface area (Å²) in [7, 11) is 1.97. The maximum atomic E-state index is 5.97. The zero-order chi connectivity index (χ0) is 11.8. The van der Waals surface area contributed by atoms with Crippen LogP contribution in [0.15, 0.2) is 12.4 Å². The molecule has 4 heteroatoms. The van der Waals surface area contributed by atoms with Gasteiger partial charge in [0.25, 0.3) is 0 Å². The minimum Gasteiger partial charge on any atom is -0.329 e. The molecule has 1 saturated carbocycles. The number of nitrogens with two attached hydrogens (primary N) is 1. The molecule has 94 valence electrons. The smallest absolute Gasteiger partial charge is 0.0538 e. The molecule has 0 amide bonds. The van der Waals surface area contributed by atoms with E-state index in [2.05, 4.69) is 16.2 Å². The van der Waals surface area contributed by atoms with Gasteiger partial charge in [0.1, 0.15) is 0 Å². The quantitative estimate of drug-likeness (QED) is 0.853. The molecule has 17 heavy (non-hydrogen) atoms. The normalized spacial score (nSPS) is 30.7. The van der Waals surface area contributed by atoms with Crippen LogP contribution in [0.5, 0.6) is 0 Å². The number of hydrogen-bond acceptors (Lipinski definition) is 3. The lowest BCUT2D eigenvalue weighted by molar-refractivity contribution is 0.232. The van der Waals surface area contributed by atoms with Gasteiger partial charge in [-0.3, -0.25) is 9.58 Å². The van der Waals surface area contributed by atoms with Gasteiger partial charge in [0, 0.05) is 38.4 Å². The van der Waals surface area contributed by atoms with E-state index in [4.69, 9.17) is 5.73 Å². The van der Waals surface area contributed by atoms with E-state index in [9.17, 15) is 0 Å². The highest BCUT2D eigenvalue weighted by Crippen LogP contribution is 2.40. The summed E-state index contributed by atoms with van der Waals surface area (Å²) >= 11 is 0. The maximum absolute atomic E-state index is 5.97. The highest BCUT2D eigenvalue weighted by molar-refractivity contribution is 5.12. The van der Waals surface area contributed by atoms with Crippen molar-refractivity contribution in [1.82, 2.24) is 14.7 Å². The van der Waals surface area contributed by atoms with Crippen LogP contribution in [0.3, 0.4) is 0 Å².